The molecule has 0 spiro atoms. The van der Waals surface area contributed by atoms with Gasteiger partial charge in [-0.3, -0.25) is 4.98 Å². The molecular formula is C26H28ClN5O. The van der Waals surface area contributed by atoms with Crippen LogP contribution in [-0.4, -0.2) is 30.1 Å². The predicted molar refractivity (Wildman–Crippen MR) is 131 cm³/mol. The highest BCUT2D eigenvalue weighted by Crippen LogP contribution is 2.41. The zero-order valence-corrected chi connectivity index (χ0v) is 20.2. The van der Waals surface area contributed by atoms with Crippen molar-refractivity contribution in [2.75, 3.05) is 0 Å². The number of hydrogen-bond donors (Lipinski definition) is 0. The van der Waals surface area contributed by atoms with Crippen LogP contribution >= 0.6 is 11.6 Å². The second kappa shape index (κ2) is 8.41. The molecule has 0 bridgehead atoms. The van der Waals surface area contributed by atoms with Crippen molar-refractivity contribution in [1.29, 1.82) is 0 Å². The zero-order valence-electron chi connectivity index (χ0n) is 19.5. The van der Waals surface area contributed by atoms with Crippen LogP contribution in [0.3, 0.4) is 0 Å². The summed E-state index contributed by atoms with van der Waals surface area (Å²) in [6, 6.07) is 10.3. The Hall–Kier alpha value is -2.99. The first-order valence-corrected chi connectivity index (χ1v) is 11.9. The second-order valence-corrected chi connectivity index (χ2v) is 9.70. The van der Waals surface area contributed by atoms with Crippen molar-refractivity contribution in [2.24, 2.45) is 0 Å². The van der Waals surface area contributed by atoms with Crippen molar-refractivity contribution in [1.82, 2.24) is 24.5 Å². The molecule has 4 aromatic rings. The number of aryl methyl sites for hydroxylation is 1. The standard InChI is InChI=1S/C26H28ClN5O/c1-5-17(3)18-6-7-20(21(27)13-18)23-31-22-24(29-15-30-25(22)33-26(4)9-10-26)32(23)14-19-12-16(2)8-11-28-19/h6-8,11-13,15,17H,5,9-10,14H2,1-4H3. The number of aromatic nitrogens is 5. The van der Waals surface area contributed by atoms with Gasteiger partial charge in [0.05, 0.1) is 17.3 Å². The maximum absolute atomic E-state index is 6.81. The Bertz CT molecular complexity index is 1330. The molecule has 3 heterocycles. The summed E-state index contributed by atoms with van der Waals surface area (Å²) in [4.78, 5) is 18.5. The summed E-state index contributed by atoms with van der Waals surface area (Å²) in [5.74, 6) is 1.70. The Morgan fingerprint density at radius 3 is 2.67 bits per heavy atom. The quantitative estimate of drug-likeness (QED) is 0.321. The van der Waals surface area contributed by atoms with Crippen LogP contribution in [0, 0.1) is 6.92 Å². The SMILES string of the molecule is CCC(C)c1ccc(-c2nc3c(OC4(C)CC4)ncnc3n2Cc2cc(C)ccn2)c(Cl)c1. The first-order valence-electron chi connectivity index (χ1n) is 11.5. The van der Waals surface area contributed by atoms with E-state index in [1.165, 1.54) is 5.56 Å². The smallest absolute Gasteiger partial charge is 0.245 e. The molecule has 0 saturated heterocycles. The number of halogens is 1. The van der Waals surface area contributed by atoms with Gasteiger partial charge < -0.3 is 9.30 Å². The number of fused-ring (bicyclic) bond motifs is 1. The van der Waals surface area contributed by atoms with Gasteiger partial charge in [-0.2, -0.15) is 4.98 Å². The van der Waals surface area contributed by atoms with Crippen LogP contribution in [0.5, 0.6) is 5.88 Å². The largest absolute Gasteiger partial charge is 0.470 e. The van der Waals surface area contributed by atoms with E-state index in [4.69, 9.17) is 21.3 Å². The van der Waals surface area contributed by atoms with Gasteiger partial charge in [0.25, 0.3) is 0 Å². The van der Waals surface area contributed by atoms with Gasteiger partial charge in [-0.1, -0.05) is 31.5 Å². The molecule has 1 atom stereocenters. The summed E-state index contributed by atoms with van der Waals surface area (Å²) in [5, 5.41) is 0.672. The van der Waals surface area contributed by atoms with E-state index in [0.717, 1.165) is 41.9 Å². The first kappa shape index (κ1) is 21.8. The lowest BCUT2D eigenvalue weighted by Gasteiger charge is -2.13. The molecule has 0 amide bonds. The van der Waals surface area contributed by atoms with E-state index < -0.39 is 0 Å². The minimum Gasteiger partial charge on any atom is -0.470 e. The van der Waals surface area contributed by atoms with Crippen molar-refractivity contribution < 1.29 is 4.74 Å². The van der Waals surface area contributed by atoms with Crippen molar-refractivity contribution in [3.63, 3.8) is 0 Å². The van der Waals surface area contributed by atoms with E-state index in [9.17, 15) is 0 Å². The van der Waals surface area contributed by atoms with E-state index in [0.29, 0.717) is 34.5 Å². The van der Waals surface area contributed by atoms with E-state index >= 15 is 0 Å². The van der Waals surface area contributed by atoms with Gasteiger partial charge in [0, 0.05) is 11.8 Å². The molecule has 0 aliphatic heterocycles. The van der Waals surface area contributed by atoms with Gasteiger partial charge in [0.1, 0.15) is 17.8 Å². The van der Waals surface area contributed by atoms with E-state index in [-0.39, 0.29) is 5.60 Å². The Morgan fingerprint density at radius 1 is 1.15 bits per heavy atom. The Balaban J connectivity index is 1.67. The molecule has 5 rings (SSSR count). The van der Waals surface area contributed by atoms with Crippen LogP contribution in [0.4, 0.5) is 0 Å². The molecule has 1 aliphatic rings. The van der Waals surface area contributed by atoms with Crippen molar-refractivity contribution in [3.05, 3.63) is 64.7 Å². The van der Waals surface area contributed by atoms with E-state index in [1.807, 2.05) is 18.3 Å². The molecule has 1 unspecified atom stereocenters. The van der Waals surface area contributed by atoms with E-state index in [1.54, 1.807) is 6.33 Å². The zero-order chi connectivity index (χ0) is 23.2. The van der Waals surface area contributed by atoms with Crippen LogP contribution in [0.15, 0.2) is 42.9 Å². The Kier molecular flexibility index (Phi) is 5.57. The van der Waals surface area contributed by atoms with Gasteiger partial charge in [-0.15, -0.1) is 0 Å². The molecule has 3 aromatic heterocycles. The van der Waals surface area contributed by atoms with Gasteiger partial charge in [0.2, 0.25) is 5.88 Å². The highest BCUT2D eigenvalue weighted by molar-refractivity contribution is 6.33. The molecule has 0 N–H and O–H groups in total. The monoisotopic (exact) mass is 461 g/mol. The molecule has 0 radical (unpaired) electrons. The summed E-state index contributed by atoms with van der Waals surface area (Å²) >= 11 is 6.81. The third-order valence-corrected chi connectivity index (χ3v) is 6.82. The fourth-order valence-corrected chi connectivity index (χ4v) is 4.23. The third-order valence-electron chi connectivity index (χ3n) is 6.50. The van der Waals surface area contributed by atoms with Crippen LogP contribution in [0.2, 0.25) is 5.02 Å². The van der Waals surface area contributed by atoms with Crippen LogP contribution in [0.1, 0.15) is 62.8 Å². The average molecular weight is 462 g/mol. The number of ether oxygens (including phenoxy) is 1. The van der Waals surface area contributed by atoms with Gasteiger partial charge in [-0.25, -0.2) is 9.97 Å². The van der Waals surface area contributed by atoms with Crippen molar-refractivity contribution in [3.8, 4) is 17.3 Å². The lowest BCUT2D eigenvalue weighted by molar-refractivity contribution is 0.194. The normalized spacial score (nSPS) is 15.5. The number of benzene rings is 1. The minimum atomic E-state index is -0.168. The van der Waals surface area contributed by atoms with Crippen molar-refractivity contribution in [2.45, 2.75) is 65.0 Å². The van der Waals surface area contributed by atoms with Crippen LogP contribution in [-0.2, 0) is 6.54 Å². The summed E-state index contributed by atoms with van der Waals surface area (Å²) < 4.78 is 8.28. The summed E-state index contributed by atoms with van der Waals surface area (Å²) in [6.45, 7) is 9.07. The number of nitrogens with zero attached hydrogens (tertiary/aromatic N) is 5. The maximum Gasteiger partial charge on any atom is 0.245 e. The summed E-state index contributed by atoms with van der Waals surface area (Å²) in [5.41, 5.74) is 5.36. The second-order valence-electron chi connectivity index (χ2n) is 9.30. The highest BCUT2D eigenvalue weighted by atomic mass is 35.5. The molecular weight excluding hydrogens is 434 g/mol. The molecule has 7 heteroatoms. The third kappa shape index (κ3) is 4.32. The molecule has 170 valence electrons. The Labute approximate surface area is 199 Å². The summed E-state index contributed by atoms with van der Waals surface area (Å²) in [7, 11) is 0. The number of imidazole rings is 1. The fourth-order valence-electron chi connectivity index (χ4n) is 3.96. The highest BCUT2D eigenvalue weighted by Gasteiger charge is 2.41. The van der Waals surface area contributed by atoms with Crippen LogP contribution in [0.25, 0.3) is 22.6 Å². The number of rotatable bonds is 7. The van der Waals surface area contributed by atoms with Crippen LogP contribution < -0.4 is 4.74 Å². The minimum absolute atomic E-state index is 0.168. The predicted octanol–water partition coefficient (Wildman–Crippen LogP) is 6.34. The molecule has 1 aromatic carbocycles. The average Bonchev–Trinajstić information content (AvgIpc) is 3.41. The van der Waals surface area contributed by atoms with Gasteiger partial charge in [0.15, 0.2) is 11.2 Å². The fraction of sp³-hybridized carbons (Fsp3) is 0.385. The molecule has 6 nitrogen and oxygen atoms in total. The Morgan fingerprint density at radius 2 is 1.97 bits per heavy atom. The molecule has 1 fully saturated rings. The topological polar surface area (TPSA) is 65.7 Å². The maximum atomic E-state index is 6.81. The molecule has 33 heavy (non-hydrogen) atoms. The molecule has 1 aliphatic carbocycles. The number of pyridine rings is 1. The lowest BCUT2D eigenvalue weighted by atomic mass is 9.97. The lowest BCUT2D eigenvalue weighted by Crippen LogP contribution is -2.13. The first-order chi connectivity index (χ1) is 15.9. The van der Waals surface area contributed by atoms with Crippen molar-refractivity contribution >= 4 is 22.8 Å². The summed E-state index contributed by atoms with van der Waals surface area (Å²) in [6.07, 6.45) is 6.46. The van der Waals surface area contributed by atoms with E-state index in [2.05, 4.69) is 65.4 Å². The van der Waals surface area contributed by atoms with Gasteiger partial charge >= 0.3 is 0 Å². The molecule has 1 saturated carbocycles. The van der Waals surface area contributed by atoms with Gasteiger partial charge in [-0.05, 0) is 74.4 Å². The number of hydrogen-bond acceptors (Lipinski definition) is 5.